The van der Waals surface area contributed by atoms with E-state index in [0.717, 1.165) is 35.2 Å². The van der Waals surface area contributed by atoms with Crippen LogP contribution in [0, 0.1) is 6.92 Å². The Labute approximate surface area is 214 Å². The van der Waals surface area contributed by atoms with Gasteiger partial charge in [-0.3, -0.25) is 4.90 Å². The summed E-state index contributed by atoms with van der Waals surface area (Å²) in [6.45, 7) is 5.73. The number of benzene rings is 3. The second kappa shape index (κ2) is 9.97. The molecule has 1 aliphatic heterocycles. The Hall–Kier alpha value is -2.94. The van der Waals surface area contributed by atoms with Crippen LogP contribution in [0.2, 0.25) is 0 Å². The number of hydrogen-bond donors (Lipinski definition) is 0. The summed E-state index contributed by atoms with van der Waals surface area (Å²) >= 11 is 3.38. The summed E-state index contributed by atoms with van der Waals surface area (Å²) < 4.78 is 34.4. The first-order valence-corrected chi connectivity index (χ1v) is 13.8. The quantitative estimate of drug-likeness (QED) is 0.312. The van der Waals surface area contributed by atoms with Crippen molar-refractivity contribution >= 4 is 31.7 Å². The van der Waals surface area contributed by atoms with Crippen molar-refractivity contribution in [1.29, 1.82) is 0 Å². The molecule has 0 amide bonds. The van der Waals surface area contributed by atoms with Crippen molar-refractivity contribution in [2.75, 3.05) is 31.1 Å². The van der Waals surface area contributed by atoms with Crippen LogP contribution < -0.4 is 4.90 Å². The standard InChI is InChI=1S/C27H26BrN3O3S/c1-20-7-5-6-10-24(20)25-29-26(35(32,33)23-13-11-22(28)12-14-23)27(34-25)31-17-15-30(16-18-31)19-21-8-3-2-4-9-21/h2-14H,15-19H2,1H3. The molecule has 0 bridgehead atoms. The fraction of sp³-hybridized carbons (Fsp3) is 0.222. The van der Waals surface area contributed by atoms with Gasteiger partial charge >= 0.3 is 0 Å². The van der Waals surface area contributed by atoms with Crippen LogP contribution in [0.5, 0.6) is 0 Å². The minimum atomic E-state index is -3.88. The van der Waals surface area contributed by atoms with E-state index in [4.69, 9.17) is 4.42 Å². The Morgan fingerprint density at radius 3 is 2.23 bits per heavy atom. The topological polar surface area (TPSA) is 66.7 Å². The minimum absolute atomic E-state index is 0.0328. The number of nitrogens with zero attached hydrogens (tertiary/aromatic N) is 3. The summed E-state index contributed by atoms with van der Waals surface area (Å²) in [6.07, 6.45) is 0. The number of sulfone groups is 1. The van der Waals surface area contributed by atoms with Crippen molar-refractivity contribution in [3.05, 3.63) is 94.5 Å². The predicted octanol–water partition coefficient (Wildman–Crippen LogP) is 5.57. The van der Waals surface area contributed by atoms with E-state index in [1.54, 1.807) is 24.3 Å². The van der Waals surface area contributed by atoms with Crippen molar-refractivity contribution in [1.82, 2.24) is 9.88 Å². The van der Waals surface area contributed by atoms with Gasteiger partial charge in [-0.2, -0.15) is 4.98 Å². The first-order chi connectivity index (χ1) is 16.9. The first-order valence-electron chi connectivity index (χ1n) is 11.5. The molecule has 0 saturated carbocycles. The van der Waals surface area contributed by atoms with Gasteiger partial charge in [-0.1, -0.05) is 64.5 Å². The van der Waals surface area contributed by atoms with Gasteiger partial charge in [0.1, 0.15) is 0 Å². The summed E-state index contributed by atoms with van der Waals surface area (Å²) in [5.74, 6) is 0.631. The average molecular weight is 552 g/mol. The minimum Gasteiger partial charge on any atom is -0.419 e. The molecule has 0 unspecified atom stereocenters. The second-order valence-electron chi connectivity index (χ2n) is 8.65. The van der Waals surface area contributed by atoms with E-state index in [0.29, 0.717) is 24.9 Å². The molecule has 0 atom stereocenters. The van der Waals surface area contributed by atoms with E-state index in [2.05, 4.69) is 37.9 Å². The lowest BCUT2D eigenvalue weighted by Gasteiger charge is -2.34. The first kappa shape index (κ1) is 23.8. The molecule has 8 heteroatoms. The smallest absolute Gasteiger partial charge is 0.236 e. The fourth-order valence-electron chi connectivity index (χ4n) is 4.28. The molecule has 35 heavy (non-hydrogen) atoms. The van der Waals surface area contributed by atoms with Gasteiger partial charge in [-0.15, -0.1) is 0 Å². The maximum atomic E-state index is 13.7. The molecular weight excluding hydrogens is 526 g/mol. The van der Waals surface area contributed by atoms with Crippen molar-refractivity contribution in [2.24, 2.45) is 0 Å². The normalized spacial score (nSPS) is 14.9. The third-order valence-electron chi connectivity index (χ3n) is 6.24. The number of anilines is 1. The number of oxazole rings is 1. The predicted molar refractivity (Wildman–Crippen MR) is 140 cm³/mol. The zero-order valence-corrected chi connectivity index (χ0v) is 21.8. The van der Waals surface area contributed by atoms with Gasteiger partial charge in [0.2, 0.25) is 26.6 Å². The van der Waals surface area contributed by atoms with E-state index in [1.807, 2.05) is 54.3 Å². The molecular formula is C27H26BrN3O3S. The van der Waals surface area contributed by atoms with Crippen molar-refractivity contribution in [3.8, 4) is 11.5 Å². The third-order valence-corrected chi connectivity index (χ3v) is 8.44. The van der Waals surface area contributed by atoms with E-state index in [1.165, 1.54) is 5.56 Å². The Morgan fingerprint density at radius 1 is 0.886 bits per heavy atom. The molecule has 0 N–H and O–H groups in total. The van der Waals surface area contributed by atoms with Gasteiger partial charge in [0.25, 0.3) is 0 Å². The number of aryl methyl sites for hydroxylation is 1. The highest BCUT2D eigenvalue weighted by Crippen LogP contribution is 2.36. The van der Waals surface area contributed by atoms with Crippen LogP contribution >= 0.6 is 15.9 Å². The van der Waals surface area contributed by atoms with Crippen LogP contribution in [0.3, 0.4) is 0 Å². The van der Waals surface area contributed by atoms with E-state index < -0.39 is 9.84 Å². The lowest BCUT2D eigenvalue weighted by Crippen LogP contribution is -2.46. The van der Waals surface area contributed by atoms with Crippen molar-refractivity contribution < 1.29 is 12.8 Å². The Kier molecular flexibility index (Phi) is 6.77. The molecule has 0 radical (unpaired) electrons. The summed E-state index contributed by atoms with van der Waals surface area (Å²) in [5.41, 5.74) is 3.02. The van der Waals surface area contributed by atoms with Gasteiger partial charge < -0.3 is 9.32 Å². The number of hydrogen-bond acceptors (Lipinski definition) is 6. The fourth-order valence-corrected chi connectivity index (χ4v) is 5.86. The molecule has 6 nitrogen and oxygen atoms in total. The lowest BCUT2D eigenvalue weighted by molar-refractivity contribution is 0.245. The van der Waals surface area contributed by atoms with Crippen LogP contribution in [0.4, 0.5) is 5.88 Å². The van der Waals surface area contributed by atoms with Crippen molar-refractivity contribution in [3.63, 3.8) is 0 Å². The van der Waals surface area contributed by atoms with Crippen LogP contribution in [0.1, 0.15) is 11.1 Å². The highest BCUT2D eigenvalue weighted by molar-refractivity contribution is 9.10. The van der Waals surface area contributed by atoms with Gasteiger partial charge in [-0.25, -0.2) is 8.42 Å². The molecule has 1 aromatic heterocycles. The van der Waals surface area contributed by atoms with Crippen LogP contribution in [0.25, 0.3) is 11.5 Å². The van der Waals surface area contributed by atoms with E-state index >= 15 is 0 Å². The SMILES string of the molecule is Cc1ccccc1-c1nc(S(=O)(=O)c2ccc(Br)cc2)c(N2CCN(Cc3ccccc3)CC2)o1. The molecule has 0 aliphatic carbocycles. The molecule has 0 spiro atoms. The Morgan fingerprint density at radius 2 is 1.54 bits per heavy atom. The maximum absolute atomic E-state index is 13.7. The summed E-state index contributed by atoms with van der Waals surface area (Å²) in [4.78, 5) is 9.11. The zero-order valence-electron chi connectivity index (χ0n) is 19.4. The molecule has 5 rings (SSSR count). The molecule has 180 valence electrons. The third kappa shape index (κ3) is 5.05. The molecule has 1 aliphatic rings. The number of rotatable bonds is 6. The van der Waals surface area contributed by atoms with Crippen LogP contribution in [-0.4, -0.2) is 44.5 Å². The van der Waals surface area contributed by atoms with E-state index in [9.17, 15) is 8.42 Å². The largest absolute Gasteiger partial charge is 0.419 e. The van der Waals surface area contributed by atoms with Gasteiger partial charge in [-0.05, 0) is 48.4 Å². The summed E-state index contributed by atoms with van der Waals surface area (Å²) in [5, 5.41) is -0.0328. The van der Waals surface area contributed by atoms with Crippen molar-refractivity contribution in [2.45, 2.75) is 23.4 Å². The van der Waals surface area contributed by atoms with E-state index in [-0.39, 0.29) is 9.92 Å². The average Bonchev–Trinajstić information content (AvgIpc) is 3.32. The number of piperazine rings is 1. The molecule has 1 fully saturated rings. The maximum Gasteiger partial charge on any atom is 0.236 e. The number of halogens is 1. The Balaban J connectivity index is 1.48. The molecule has 3 aromatic carbocycles. The lowest BCUT2D eigenvalue weighted by atomic mass is 10.1. The van der Waals surface area contributed by atoms with Gasteiger partial charge in [0.05, 0.1) is 4.90 Å². The van der Waals surface area contributed by atoms with Gasteiger partial charge in [0.15, 0.2) is 0 Å². The van der Waals surface area contributed by atoms with Crippen LogP contribution in [-0.2, 0) is 16.4 Å². The second-order valence-corrected chi connectivity index (χ2v) is 11.4. The number of aromatic nitrogens is 1. The molecule has 4 aromatic rings. The van der Waals surface area contributed by atoms with Crippen LogP contribution in [0.15, 0.2) is 97.7 Å². The monoisotopic (exact) mass is 551 g/mol. The summed E-state index contributed by atoms with van der Waals surface area (Å²) in [6, 6.07) is 24.7. The summed E-state index contributed by atoms with van der Waals surface area (Å²) in [7, 11) is -3.88. The zero-order chi connectivity index (χ0) is 24.4. The Bertz CT molecular complexity index is 1410. The highest BCUT2D eigenvalue weighted by atomic mass is 79.9. The molecule has 1 saturated heterocycles. The molecule has 2 heterocycles. The van der Waals surface area contributed by atoms with Gasteiger partial charge in [0, 0.05) is 42.8 Å². The highest BCUT2D eigenvalue weighted by Gasteiger charge is 2.33.